The molecule has 1 atom stereocenters. The predicted octanol–water partition coefficient (Wildman–Crippen LogP) is 2.74. The molecule has 1 unspecified atom stereocenters. The van der Waals surface area contributed by atoms with Gasteiger partial charge in [0.05, 0.1) is 0 Å². The second-order valence-electron chi connectivity index (χ2n) is 4.18. The lowest BCUT2D eigenvalue weighted by Gasteiger charge is -2.17. The maximum absolute atomic E-state index is 4.44. The molecule has 0 aliphatic heterocycles. The summed E-state index contributed by atoms with van der Waals surface area (Å²) in [5, 5.41) is 6.53. The Kier molecular flexibility index (Phi) is 4.52. The van der Waals surface area contributed by atoms with Crippen LogP contribution in [0, 0.1) is 13.8 Å². The normalized spacial score (nSPS) is 12.3. The lowest BCUT2D eigenvalue weighted by Crippen LogP contribution is -2.17. The van der Waals surface area contributed by atoms with Crippen molar-refractivity contribution in [3.05, 3.63) is 11.4 Å². The first-order valence-electron chi connectivity index (χ1n) is 5.88. The summed E-state index contributed by atoms with van der Waals surface area (Å²) in [6, 6.07) is 0.447. The Morgan fingerprint density at radius 3 is 2.38 bits per heavy atom. The van der Waals surface area contributed by atoms with Crippen molar-refractivity contribution in [3.63, 3.8) is 0 Å². The summed E-state index contributed by atoms with van der Waals surface area (Å²) in [4.78, 5) is 8.78. The van der Waals surface area contributed by atoms with E-state index >= 15 is 0 Å². The van der Waals surface area contributed by atoms with Gasteiger partial charge in [-0.25, -0.2) is 9.97 Å². The van der Waals surface area contributed by atoms with Crippen molar-refractivity contribution in [3.8, 4) is 0 Å². The van der Waals surface area contributed by atoms with Crippen LogP contribution >= 0.6 is 0 Å². The van der Waals surface area contributed by atoms with E-state index in [-0.39, 0.29) is 0 Å². The Morgan fingerprint density at radius 1 is 1.19 bits per heavy atom. The summed E-state index contributed by atoms with van der Waals surface area (Å²) in [7, 11) is 1.88. The maximum Gasteiger partial charge on any atom is 0.134 e. The van der Waals surface area contributed by atoms with Gasteiger partial charge in [0.2, 0.25) is 0 Å². The maximum atomic E-state index is 4.44. The topological polar surface area (TPSA) is 49.8 Å². The number of nitrogens with one attached hydrogen (secondary N) is 2. The van der Waals surface area contributed by atoms with Crippen LogP contribution in [0.5, 0.6) is 0 Å². The largest absolute Gasteiger partial charge is 0.373 e. The highest BCUT2D eigenvalue weighted by Gasteiger charge is 2.09. The van der Waals surface area contributed by atoms with Crippen molar-refractivity contribution < 1.29 is 0 Å². The second-order valence-corrected chi connectivity index (χ2v) is 4.18. The summed E-state index contributed by atoms with van der Waals surface area (Å²) in [6.07, 6.45) is 2.33. The van der Waals surface area contributed by atoms with E-state index in [0.717, 1.165) is 29.4 Å². The number of hydrogen-bond donors (Lipinski definition) is 2. The number of hydrogen-bond acceptors (Lipinski definition) is 4. The zero-order valence-electron chi connectivity index (χ0n) is 10.9. The van der Waals surface area contributed by atoms with E-state index in [2.05, 4.69) is 34.4 Å². The van der Waals surface area contributed by atoms with Crippen molar-refractivity contribution in [2.45, 2.75) is 46.6 Å². The molecular weight excluding hydrogens is 200 g/mol. The Labute approximate surface area is 97.9 Å². The molecule has 0 aliphatic rings. The zero-order valence-corrected chi connectivity index (χ0v) is 10.9. The molecule has 0 saturated heterocycles. The standard InChI is InChI=1S/C12H22N4/c1-6-7-8(2)14-12-9(3)11(13-5)15-10(4)16-12/h8H,6-7H2,1-5H3,(H2,13,14,15,16). The molecule has 0 aromatic carbocycles. The summed E-state index contributed by atoms with van der Waals surface area (Å²) < 4.78 is 0. The number of aryl methyl sites for hydroxylation is 1. The molecule has 0 fully saturated rings. The molecule has 0 spiro atoms. The lowest BCUT2D eigenvalue weighted by molar-refractivity contribution is 0.686. The first-order chi connectivity index (χ1) is 7.58. The fourth-order valence-electron chi connectivity index (χ4n) is 1.75. The van der Waals surface area contributed by atoms with Crippen LogP contribution in [0.4, 0.5) is 11.6 Å². The van der Waals surface area contributed by atoms with E-state index in [1.165, 1.54) is 6.42 Å². The molecule has 1 rings (SSSR count). The monoisotopic (exact) mass is 222 g/mol. The second kappa shape index (κ2) is 5.68. The molecule has 0 radical (unpaired) electrons. The minimum absolute atomic E-state index is 0.447. The van der Waals surface area contributed by atoms with Crippen LogP contribution in [0.15, 0.2) is 0 Å². The van der Waals surface area contributed by atoms with Gasteiger partial charge in [0.15, 0.2) is 0 Å². The molecule has 4 heteroatoms. The van der Waals surface area contributed by atoms with Gasteiger partial charge < -0.3 is 10.6 Å². The first-order valence-corrected chi connectivity index (χ1v) is 5.88. The summed E-state index contributed by atoms with van der Waals surface area (Å²) in [5.74, 6) is 2.64. The first kappa shape index (κ1) is 12.7. The van der Waals surface area contributed by atoms with Crippen LogP contribution in [0.3, 0.4) is 0 Å². The van der Waals surface area contributed by atoms with Gasteiger partial charge in [-0.15, -0.1) is 0 Å². The molecule has 1 aromatic rings. The van der Waals surface area contributed by atoms with Crippen LogP contribution in [0.1, 0.15) is 38.1 Å². The third kappa shape index (κ3) is 3.08. The molecule has 1 aromatic heterocycles. The van der Waals surface area contributed by atoms with E-state index in [1.807, 2.05) is 20.9 Å². The average molecular weight is 222 g/mol. The van der Waals surface area contributed by atoms with Gasteiger partial charge in [-0.3, -0.25) is 0 Å². The number of anilines is 2. The third-order valence-corrected chi connectivity index (χ3v) is 2.60. The summed E-state index contributed by atoms with van der Waals surface area (Å²) >= 11 is 0. The van der Waals surface area contributed by atoms with E-state index < -0.39 is 0 Å². The fraction of sp³-hybridized carbons (Fsp3) is 0.667. The van der Waals surface area contributed by atoms with Crippen LogP contribution in [0.2, 0.25) is 0 Å². The van der Waals surface area contributed by atoms with E-state index in [0.29, 0.717) is 6.04 Å². The molecule has 16 heavy (non-hydrogen) atoms. The third-order valence-electron chi connectivity index (χ3n) is 2.60. The van der Waals surface area contributed by atoms with Gasteiger partial charge in [0, 0.05) is 18.7 Å². The minimum atomic E-state index is 0.447. The predicted molar refractivity (Wildman–Crippen MR) is 69.0 cm³/mol. The Hall–Kier alpha value is -1.32. The van der Waals surface area contributed by atoms with Crippen LogP contribution in [-0.2, 0) is 0 Å². The van der Waals surface area contributed by atoms with Gasteiger partial charge in [-0.1, -0.05) is 13.3 Å². The SMILES string of the molecule is CCCC(C)Nc1nc(C)nc(NC)c1C. The smallest absolute Gasteiger partial charge is 0.134 e. The number of rotatable bonds is 5. The number of aromatic nitrogens is 2. The van der Waals surface area contributed by atoms with Crippen molar-refractivity contribution in [2.24, 2.45) is 0 Å². The minimum Gasteiger partial charge on any atom is -0.373 e. The van der Waals surface area contributed by atoms with Crippen molar-refractivity contribution >= 4 is 11.6 Å². The summed E-state index contributed by atoms with van der Waals surface area (Å²) in [5.41, 5.74) is 1.08. The Morgan fingerprint density at radius 2 is 1.81 bits per heavy atom. The fourth-order valence-corrected chi connectivity index (χ4v) is 1.75. The molecular formula is C12H22N4. The molecule has 0 saturated carbocycles. The highest BCUT2D eigenvalue weighted by atomic mass is 15.1. The van der Waals surface area contributed by atoms with Crippen molar-refractivity contribution in [1.82, 2.24) is 9.97 Å². The molecule has 0 bridgehead atoms. The van der Waals surface area contributed by atoms with Crippen LogP contribution < -0.4 is 10.6 Å². The highest BCUT2D eigenvalue weighted by Crippen LogP contribution is 2.20. The average Bonchev–Trinajstić information content (AvgIpc) is 2.23. The highest BCUT2D eigenvalue weighted by molar-refractivity contribution is 5.57. The molecule has 90 valence electrons. The Bertz CT molecular complexity index is 349. The van der Waals surface area contributed by atoms with Gasteiger partial charge in [-0.2, -0.15) is 0 Å². The van der Waals surface area contributed by atoms with E-state index in [4.69, 9.17) is 0 Å². The number of nitrogens with zero attached hydrogens (tertiary/aromatic N) is 2. The Balaban J connectivity index is 2.90. The van der Waals surface area contributed by atoms with Crippen LogP contribution in [0.25, 0.3) is 0 Å². The van der Waals surface area contributed by atoms with Gasteiger partial charge >= 0.3 is 0 Å². The van der Waals surface area contributed by atoms with Crippen molar-refractivity contribution in [1.29, 1.82) is 0 Å². The van der Waals surface area contributed by atoms with E-state index in [9.17, 15) is 0 Å². The summed E-state index contributed by atoms with van der Waals surface area (Å²) in [6.45, 7) is 8.32. The van der Waals surface area contributed by atoms with Gasteiger partial charge in [0.25, 0.3) is 0 Å². The molecule has 0 amide bonds. The zero-order chi connectivity index (χ0) is 12.1. The molecule has 2 N–H and O–H groups in total. The van der Waals surface area contributed by atoms with Gasteiger partial charge in [0.1, 0.15) is 17.5 Å². The lowest BCUT2D eigenvalue weighted by atomic mass is 10.2. The molecule has 0 aliphatic carbocycles. The van der Waals surface area contributed by atoms with Crippen LogP contribution in [-0.4, -0.2) is 23.1 Å². The van der Waals surface area contributed by atoms with Crippen molar-refractivity contribution in [2.75, 3.05) is 17.7 Å². The quantitative estimate of drug-likeness (QED) is 0.804. The van der Waals surface area contributed by atoms with E-state index in [1.54, 1.807) is 0 Å². The molecule has 4 nitrogen and oxygen atoms in total. The van der Waals surface area contributed by atoms with Gasteiger partial charge in [-0.05, 0) is 27.2 Å². The molecule has 1 heterocycles.